The summed E-state index contributed by atoms with van der Waals surface area (Å²) in [7, 11) is 5.40. The lowest BCUT2D eigenvalue weighted by molar-refractivity contribution is -0.127. The van der Waals surface area contributed by atoms with Gasteiger partial charge in [-0.15, -0.1) is 0 Å². The molecule has 98 valence electrons. The second-order valence-electron chi connectivity index (χ2n) is 4.69. The van der Waals surface area contributed by atoms with E-state index in [1.807, 2.05) is 11.9 Å². The van der Waals surface area contributed by atoms with Gasteiger partial charge in [-0.05, 0) is 0 Å². The molecule has 18 heavy (non-hydrogen) atoms. The van der Waals surface area contributed by atoms with Crippen molar-refractivity contribution in [3.05, 3.63) is 17.6 Å². The second kappa shape index (κ2) is 5.30. The van der Waals surface area contributed by atoms with Gasteiger partial charge in [-0.3, -0.25) is 4.79 Å². The third-order valence-electron chi connectivity index (χ3n) is 3.09. The molecule has 0 saturated heterocycles. The normalized spacial score (nSPS) is 13.9. The molecule has 0 atom stereocenters. The summed E-state index contributed by atoms with van der Waals surface area (Å²) in [5.41, 5.74) is 2.20. The van der Waals surface area contributed by atoms with Gasteiger partial charge in [-0.2, -0.15) is 0 Å². The van der Waals surface area contributed by atoms with Crippen LogP contribution in [0.15, 0.2) is 6.33 Å². The summed E-state index contributed by atoms with van der Waals surface area (Å²) in [5.74, 6) is 0.913. The number of aromatic nitrogens is 2. The number of amides is 1. The molecule has 1 amide bonds. The third-order valence-corrected chi connectivity index (χ3v) is 3.09. The molecule has 2 rings (SSSR count). The molecule has 1 aromatic rings. The lowest BCUT2D eigenvalue weighted by Crippen LogP contribution is -2.36. The molecule has 0 radical (unpaired) electrons. The zero-order valence-corrected chi connectivity index (χ0v) is 11.1. The lowest BCUT2D eigenvalue weighted by atomic mass is 10.1. The summed E-state index contributed by atoms with van der Waals surface area (Å²) in [4.78, 5) is 23.8. The van der Waals surface area contributed by atoms with Crippen LogP contribution in [0.2, 0.25) is 0 Å². The average molecular weight is 249 g/mol. The minimum absolute atomic E-state index is 0.0635. The van der Waals surface area contributed by atoms with Crippen LogP contribution in [-0.4, -0.2) is 55.0 Å². The van der Waals surface area contributed by atoms with E-state index in [4.69, 9.17) is 0 Å². The molecule has 6 nitrogen and oxygen atoms in total. The molecule has 0 saturated carbocycles. The van der Waals surface area contributed by atoms with Crippen LogP contribution in [0.5, 0.6) is 0 Å². The van der Waals surface area contributed by atoms with Crippen molar-refractivity contribution in [3.63, 3.8) is 0 Å². The number of carbonyl (C=O) groups is 1. The third kappa shape index (κ3) is 2.59. The molecule has 0 unspecified atom stereocenters. The van der Waals surface area contributed by atoms with E-state index in [0.29, 0.717) is 6.54 Å². The Bertz CT molecular complexity index is 446. The number of carbonyl (C=O) groups excluding carboxylic acids is 1. The largest absolute Gasteiger partial charge is 0.350 e. The smallest absolute Gasteiger partial charge is 0.241 e. The molecule has 0 aromatic carbocycles. The van der Waals surface area contributed by atoms with Crippen molar-refractivity contribution in [3.8, 4) is 0 Å². The van der Waals surface area contributed by atoms with Crippen LogP contribution in [0.4, 0.5) is 5.82 Å². The van der Waals surface area contributed by atoms with Crippen molar-refractivity contribution in [2.75, 3.05) is 39.1 Å². The summed E-state index contributed by atoms with van der Waals surface area (Å²) in [6, 6.07) is 0. The maximum absolute atomic E-state index is 11.7. The van der Waals surface area contributed by atoms with E-state index in [2.05, 4.69) is 15.3 Å². The van der Waals surface area contributed by atoms with Gasteiger partial charge in [0.1, 0.15) is 12.1 Å². The van der Waals surface area contributed by atoms with Crippen LogP contribution >= 0.6 is 0 Å². The van der Waals surface area contributed by atoms with E-state index < -0.39 is 0 Å². The molecule has 1 aromatic heterocycles. The highest BCUT2D eigenvalue weighted by Crippen LogP contribution is 2.21. The molecule has 2 heterocycles. The van der Waals surface area contributed by atoms with Crippen LogP contribution in [0.25, 0.3) is 0 Å². The predicted octanol–water partition coefficient (Wildman–Crippen LogP) is -0.353. The molecule has 0 aliphatic carbocycles. The fourth-order valence-electron chi connectivity index (χ4n) is 2.00. The van der Waals surface area contributed by atoms with Gasteiger partial charge in [0.2, 0.25) is 5.91 Å². The molecular weight excluding hydrogens is 230 g/mol. The van der Waals surface area contributed by atoms with E-state index in [1.54, 1.807) is 25.3 Å². The van der Waals surface area contributed by atoms with Gasteiger partial charge in [0.15, 0.2) is 0 Å². The molecular formula is C12H19N5O. The molecule has 0 bridgehead atoms. The minimum Gasteiger partial charge on any atom is -0.350 e. The van der Waals surface area contributed by atoms with E-state index in [9.17, 15) is 4.79 Å². The quantitative estimate of drug-likeness (QED) is 0.793. The highest BCUT2D eigenvalue weighted by Gasteiger charge is 2.19. The first-order chi connectivity index (χ1) is 8.59. The van der Waals surface area contributed by atoms with Gasteiger partial charge in [-0.1, -0.05) is 0 Å². The Balaban J connectivity index is 2.20. The predicted molar refractivity (Wildman–Crippen MR) is 69.4 cm³/mol. The molecule has 1 N–H and O–H groups in total. The molecule has 0 spiro atoms. The SMILES string of the molecule is CN(C)C(=O)CN(C)c1ncnc2c1CNCC2. The van der Waals surface area contributed by atoms with Crippen LogP contribution in [0, 0.1) is 0 Å². The van der Waals surface area contributed by atoms with Crippen LogP contribution in [0.1, 0.15) is 11.3 Å². The van der Waals surface area contributed by atoms with E-state index >= 15 is 0 Å². The lowest BCUT2D eigenvalue weighted by Gasteiger charge is -2.25. The number of anilines is 1. The molecule has 0 fully saturated rings. The van der Waals surface area contributed by atoms with Gasteiger partial charge in [0.05, 0.1) is 12.2 Å². The van der Waals surface area contributed by atoms with Crippen molar-refractivity contribution in [2.24, 2.45) is 0 Å². The standard InChI is InChI=1S/C12H19N5O/c1-16(2)11(18)7-17(3)12-9-6-13-5-4-10(9)14-8-15-12/h8,13H,4-7H2,1-3H3. The number of hydrogen-bond acceptors (Lipinski definition) is 5. The Morgan fingerprint density at radius 3 is 2.89 bits per heavy atom. The summed E-state index contributed by atoms with van der Waals surface area (Å²) < 4.78 is 0. The molecule has 1 aliphatic rings. The Kier molecular flexibility index (Phi) is 3.76. The van der Waals surface area contributed by atoms with Gasteiger partial charge in [0, 0.05) is 46.2 Å². The minimum atomic E-state index is 0.0635. The van der Waals surface area contributed by atoms with Crippen molar-refractivity contribution in [2.45, 2.75) is 13.0 Å². The maximum atomic E-state index is 11.7. The fourth-order valence-corrected chi connectivity index (χ4v) is 2.00. The first-order valence-corrected chi connectivity index (χ1v) is 6.04. The van der Waals surface area contributed by atoms with Crippen molar-refractivity contribution < 1.29 is 4.79 Å². The fraction of sp³-hybridized carbons (Fsp3) is 0.583. The first kappa shape index (κ1) is 12.8. The molecule has 6 heteroatoms. The highest BCUT2D eigenvalue weighted by molar-refractivity contribution is 5.80. The Morgan fingerprint density at radius 1 is 1.39 bits per heavy atom. The van der Waals surface area contributed by atoms with Crippen LogP contribution in [-0.2, 0) is 17.8 Å². The average Bonchev–Trinajstić information content (AvgIpc) is 2.37. The van der Waals surface area contributed by atoms with Gasteiger partial charge in [0.25, 0.3) is 0 Å². The zero-order valence-electron chi connectivity index (χ0n) is 11.1. The van der Waals surface area contributed by atoms with Gasteiger partial charge >= 0.3 is 0 Å². The highest BCUT2D eigenvalue weighted by atomic mass is 16.2. The first-order valence-electron chi connectivity index (χ1n) is 6.04. The maximum Gasteiger partial charge on any atom is 0.241 e. The number of nitrogens with one attached hydrogen (secondary N) is 1. The summed E-state index contributed by atoms with van der Waals surface area (Å²) in [6.45, 7) is 2.05. The number of rotatable bonds is 3. The summed E-state index contributed by atoms with van der Waals surface area (Å²) in [5, 5.41) is 3.31. The Morgan fingerprint density at radius 2 is 2.17 bits per heavy atom. The monoisotopic (exact) mass is 249 g/mol. The van der Waals surface area contributed by atoms with Gasteiger partial charge < -0.3 is 15.1 Å². The topological polar surface area (TPSA) is 61.4 Å². The van der Waals surface area contributed by atoms with E-state index in [1.165, 1.54) is 0 Å². The number of likely N-dealkylation sites (N-methyl/N-ethyl adjacent to an activating group) is 2. The second-order valence-corrected chi connectivity index (χ2v) is 4.69. The zero-order chi connectivity index (χ0) is 13.1. The van der Waals surface area contributed by atoms with Crippen molar-refractivity contribution in [1.29, 1.82) is 0 Å². The van der Waals surface area contributed by atoms with Crippen LogP contribution in [0.3, 0.4) is 0 Å². The van der Waals surface area contributed by atoms with Crippen LogP contribution < -0.4 is 10.2 Å². The Labute approximate surface area is 107 Å². The Hall–Kier alpha value is -1.69. The van der Waals surface area contributed by atoms with Crippen molar-refractivity contribution >= 4 is 11.7 Å². The van der Waals surface area contributed by atoms with E-state index in [-0.39, 0.29) is 5.91 Å². The number of nitrogens with zero attached hydrogens (tertiary/aromatic N) is 4. The number of hydrogen-bond donors (Lipinski definition) is 1. The van der Waals surface area contributed by atoms with E-state index in [0.717, 1.165) is 36.6 Å². The van der Waals surface area contributed by atoms with Crippen molar-refractivity contribution in [1.82, 2.24) is 20.2 Å². The summed E-state index contributed by atoms with van der Waals surface area (Å²) in [6.07, 6.45) is 2.50. The number of fused-ring (bicyclic) bond motifs is 1. The summed E-state index contributed by atoms with van der Waals surface area (Å²) >= 11 is 0. The molecule has 1 aliphatic heterocycles. The van der Waals surface area contributed by atoms with Gasteiger partial charge in [-0.25, -0.2) is 9.97 Å².